The van der Waals surface area contributed by atoms with Crippen molar-refractivity contribution < 1.29 is 13.6 Å². The molecule has 0 saturated heterocycles. The first-order chi connectivity index (χ1) is 14.0. The highest BCUT2D eigenvalue weighted by molar-refractivity contribution is 5.97. The summed E-state index contributed by atoms with van der Waals surface area (Å²) in [6.45, 7) is 1.91. The summed E-state index contributed by atoms with van der Waals surface area (Å²) in [5.41, 5.74) is 6.76. The van der Waals surface area contributed by atoms with Crippen molar-refractivity contribution in [2.24, 2.45) is 0 Å². The van der Waals surface area contributed by atoms with Crippen LogP contribution >= 0.6 is 0 Å². The summed E-state index contributed by atoms with van der Waals surface area (Å²) in [7, 11) is 0. The molecular weight excluding hydrogens is 374 g/mol. The minimum atomic E-state index is -0.633. The smallest absolute Gasteiger partial charge is 0.268 e. The molecule has 5 nitrogen and oxygen atoms in total. The molecule has 0 saturated carbocycles. The number of hydrogen-bond donors (Lipinski definition) is 2. The molecule has 2 aromatic carbocycles. The van der Waals surface area contributed by atoms with E-state index in [1.165, 1.54) is 23.2 Å². The number of allylic oxidation sites excluding steroid dienone is 1. The van der Waals surface area contributed by atoms with E-state index in [1.807, 2.05) is 6.92 Å². The molecule has 4 rings (SSSR count). The highest BCUT2D eigenvalue weighted by Crippen LogP contribution is 2.33. The van der Waals surface area contributed by atoms with Gasteiger partial charge in [0, 0.05) is 35.5 Å². The fraction of sp³-hybridized carbons (Fsp3) is 0.182. The second-order valence-electron chi connectivity index (χ2n) is 6.87. The van der Waals surface area contributed by atoms with Gasteiger partial charge in [-0.2, -0.15) is 5.26 Å². The predicted molar refractivity (Wildman–Crippen MR) is 104 cm³/mol. The molecule has 1 atom stereocenters. The van der Waals surface area contributed by atoms with E-state index >= 15 is 0 Å². The van der Waals surface area contributed by atoms with E-state index in [1.54, 1.807) is 24.3 Å². The topological polar surface area (TPSA) is 68.2 Å². The van der Waals surface area contributed by atoms with Crippen LogP contribution in [0.1, 0.15) is 36.5 Å². The van der Waals surface area contributed by atoms with Crippen molar-refractivity contribution >= 4 is 17.2 Å². The van der Waals surface area contributed by atoms with Gasteiger partial charge in [0.05, 0.1) is 11.6 Å². The Balaban J connectivity index is 1.66. The van der Waals surface area contributed by atoms with Gasteiger partial charge in [-0.1, -0.05) is 19.1 Å². The van der Waals surface area contributed by atoms with Gasteiger partial charge in [-0.05, 0) is 41.8 Å². The zero-order chi connectivity index (χ0) is 20.5. The third-order valence-electron chi connectivity index (χ3n) is 5.09. The summed E-state index contributed by atoms with van der Waals surface area (Å²) in [6.07, 6.45) is 1.97. The number of rotatable bonds is 3. The molecule has 0 aliphatic carbocycles. The molecule has 0 spiro atoms. The van der Waals surface area contributed by atoms with Gasteiger partial charge in [-0.3, -0.25) is 10.2 Å². The summed E-state index contributed by atoms with van der Waals surface area (Å²) >= 11 is 0. The third-order valence-corrected chi connectivity index (χ3v) is 5.09. The summed E-state index contributed by atoms with van der Waals surface area (Å²) in [6, 6.07) is 12.5. The average molecular weight is 392 g/mol. The molecule has 2 aliphatic rings. The van der Waals surface area contributed by atoms with E-state index in [4.69, 9.17) is 5.26 Å². The van der Waals surface area contributed by atoms with Crippen LogP contribution < -0.4 is 10.7 Å². The number of fused-ring (bicyclic) bond motifs is 1. The van der Waals surface area contributed by atoms with Gasteiger partial charge in [0.2, 0.25) is 0 Å². The van der Waals surface area contributed by atoms with E-state index in [0.717, 1.165) is 17.3 Å². The van der Waals surface area contributed by atoms with Crippen LogP contribution in [0.5, 0.6) is 0 Å². The number of carbonyl (C=O) groups is 1. The second-order valence-corrected chi connectivity index (χ2v) is 6.87. The lowest BCUT2D eigenvalue weighted by Crippen LogP contribution is -2.59. The molecule has 0 fully saturated rings. The minimum absolute atomic E-state index is 0.224. The van der Waals surface area contributed by atoms with Crippen LogP contribution in [0.2, 0.25) is 0 Å². The van der Waals surface area contributed by atoms with Crippen LogP contribution in [0.15, 0.2) is 54.2 Å². The molecule has 7 heteroatoms. The number of nitriles is 1. The van der Waals surface area contributed by atoms with Crippen LogP contribution in [0.4, 0.5) is 8.78 Å². The SMILES string of the molecule is CCC1=C(c2ccc(F)cc2F)CC2NC(c3ccc(C#N)cc3)=CC(=O)N2N1. The Hall–Kier alpha value is -3.66. The summed E-state index contributed by atoms with van der Waals surface area (Å²) in [5, 5.41) is 13.7. The largest absolute Gasteiger partial charge is 0.363 e. The van der Waals surface area contributed by atoms with Gasteiger partial charge < -0.3 is 5.32 Å². The Morgan fingerprint density at radius 3 is 2.62 bits per heavy atom. The number of carbonyl (C=O) groups excluding carboxylic acids is 1. The van der Waals surface area contributed by atoms with Crippen molar-refractivity contribution in [1.82, 2.24) is 15.8 Å². The van der Waals surface area contributed by atoms with E-state index in [0.29, 0.717) is 35.2 Å². The van der Waals surface area contributed by atoms with Crippen molar-refractivity contribution in [2.45, 2.75) is 25.9 Å². The Morgan fingerprint density at radius 2 is 1.97 bits per heavy atom. The predicted octanol–water partition coefficient (Wildman–Crippen LogP) is 3.66. The molecule has 0 bridgehead atoms. The van der Waals surface area contributed by atoms with Crippen LogP contribution in [0, 0.1) is 23.0 Å². The maximum absolute atomic E-state index is 14.4. The Morgan fingerprint density at radius 1 is 1.21 bits per heavy atom. The fourth-order valence-corrected chi connectivity index (χ4v) is 3.63. The maximum atomic E-state index is 14.4. The van der Waals surface area contributed by atoms with Gasteiger partial charge in [-0.15, -0.1) is 0 Å². The highest BCUT2D eigenvalue weighted by Gasteiger charge is 2.35. The van der Waals surface area contributed by atoms with Crippen LogP contribution in [0.3, 0.4) is 0 Å². The van der Waals surface area contributed by atoms with Gasteiger partial charge in [0.25, 0.3) is 5.91 Å². The molecule has 2 heterocycles. The average Bonchev–Trinajstić information content (AvgIpc) is 2.73. The van der Waals surface area contributed by atoms with E-state index < -0.39 is 17.8 Å². The molecule has 2 aliphatic heterocycles. The van der Waals surface area contributed by atoms with E-state index in [2.05, 4.69) is 16.8 Å². The monoisotopic (exact) mass is 392 g/mol. The Bertz CT molecular complexity index is 1080. The number of halogens is 2. The van der Waals surface area contributed by atoms with E-state index in [9.17, 15) is 13.6 Å². The molecule has 1 unspecified atom stereocenters. The minimum Gasteiger partial charge on any atom is -0.363 e. The van der Waals surface area contributed by atoms with Crippen LogP contribution in [-0.4, -0.2) is 17.1 Å². The Kier molecular flexibility index (Phi) is 4.77. The number of amides is 1. The lowest BCUT2D eigenvalue weighted by atomic mass is 9.94. The zero-order valence-corrected chi connectivity index (χ0v) is 15.7. The van der Waals surface area contributed by atoms with Crippen molar-refractivity contribution in [3.05, 3.63) is 82.6 Å². The summed E-state index contributed by atoms with van der Waals surface area (Å²) in [5.74, 6) is -1.49. The first-order valence-electron chi connectivity index (χ1n) is 9.26. The molecule has 2 N–H and O–H groups in total. The van der Waals surface area contributed by atoms with Crippen molar-refractivity contribution in [3.63, 3.8) is 0 Å². The zero-order valence-electron chi connectivity index (χ0n) is 15.7. The fourth-order valence-electron chi connectivity index (χ4n) is 3.63. The van der Waals surface area contributed by atoms with Crippen molar-refractivity contribution in [3.8, 4) is 6.07 Å². The standard InChI is InChI=1S/C22H18F2N4O/c1-2-19-17(16-8-7-15(23)9-18(16)24)10-21-26-20(11-22(29)28(21)27-19)14-5-3-13(12-25)4-6-14/h3-9,11,21,26-27H,2,10H2,1H3. The number of benzene rings is 2. The van der Waals surface area contributed by atoms with Gasteiger partial charge in [0.1, 0.15) is 17.8 Å². The molecule has 146 valence electrons. The number of hydrazine groups is 1. The lowest BCUT2D eigenvalue weighted by Gasteiger charge is -2.42. The molecule has 0 aromatic heterocycles. The molecule has 2 aromatic rings. The van der Waals surface area contributed by atoms with Crippen molar-refractivity contribution in [1.29, 1.82) is 5.26 Å². The third kappa shape index (κ3) is 3.45. The molecular formula is C22H18F2N4O. The number of hydrogen-bond acceptors (Lipinski definition) is 4. The molecule has 29 heavy (non-hydrogen) atoms. The first kappa shape index (κ1) is 18.7. The van der Waals surface area contributed by atoms with Crippen molar-refractivity contribution in [2.75, 3.05) is 0 Å². The molecule has 1 amide bonds. The summed E-state index contributed by atoms with van der Waals surface area (Å²) in [4.78, 5) is 12.7. The maximum Gasteiger partial charge on any atom is 0.268 e. The second kappa shape index (κ2) is 7.40. The van der Waals surface area contributed by atoms with Crippen LogP contribution in [0.25, 0.3) is 11.3 Å². The van der Waals surface area contributed by atoms with Crippen LogP contribution in [-0.2, 0) is 4.79 Å². The quantitative estimate of drug-likeness (QED) is 0.837. The number of nitrogens with one attached hydrogen (secondary N) is 2. The first-order valence-corrected chi connectivity index (χ1v) is 9.26. The molecule has 0 radical (unpaired) electrons. The van der Waals surface area contributed by atoms with Gasteiger partial charge >= 0.3 is 0 Å². The summed E-state index contributed by atoms with van der Waals surface area (Å²) < 4.78 is 27.8. The number of nitrogens with zero attached hydrogens (tertiary/aromatic N) is 2. The van der Waals surface area contributed by atoms with E-state index in [-0.39, 0.29) is 5.91 Å². The van der Waals surface area contributed by atoms with Gasteiger partial charge in [-0.25, -0.2) is 13.8 Å². The van der Waals surface area contributed by atoms with Gasteiger partial charge in [0.15, 0.2) is 0 Å². The Labute approximate surface area is 166 Å². The lowest BCUT2D eigenvalue weighted by molar-refractivity contribution is -0.132. The highest BCUT2D eigenvalue weighted by atomic mass is 19.1. The normalized spacial score (nSPS) is 18.4.